The molecule has 0 bridgehead atoms. The topological polar surface area (TPSA) is 101 Å². The van der Waals surface area contributed by atoms with E-state index in [9.17, 15) is 9.59 Å². The monoisotopic (exact) mass is 193 g/mol. The average molecular weight is 193 g/mol. The molecule has 5 nitrogen and oxygen atoms in total. The molecule has 0 aromatic heterocycles. The summed E-state index contributed by atoms with van der Waals surface area (Å²) in [4.78, 5) is 20.2. The molecular formula is C6H11NO4S. The van der Waals surface area contributed by atoms with Gasteiger partial charge in [0.05, 0.1) is 6.42 Å². The van der Waals surface area contributed by atoms with E-state index in [0.29, 0.717) is 5.75 Å². The summed E-state index contributed by atoms with van der Waals surface area (Å²) < 4.78 is 0. The molecule has 0 aliphatic carbocycles. The standard InChI is InChI=1S/C6H11NO4S/c7-4(6(10)11)3-12-2-1-5(8)9/h4H,1-3,7H2,(H,8,9)(H,10,11)/t4-/m0/s1. The summed E-state index contributed by atoms with van der Waals surface area (Å²) in [6, 6.07) is -0.899. The molecule has 0 aliphatic heterocycles. The number of aliphatic carboxylic acids is 2. The minimum atomic E-state index is -1.06. The molecule has 0 fully saturated rings. The highest BCUT2D eigenvalue weighted by molar-refractivity contribution is 7.99. The van der Waals surface area contributed by atoms with Gasteiger partial charge in [-0.1, -0.05) is 0 Å². The van der Waals surface area contributed by atoms with Crippen LogP contribution in [0.5, 0.6) is 0 Å². The first kappa shape index (κ1) is 11.2. The Balaban J connectivity index is 3.31. The normalized spacial score (nSPS) is 12.4. The van der Waals surface area contributed by atoms with Crippen LogP contribution in [-0.2, 0) is 9.59 Å². The van der Waals surface area contributed by atoms with Crippen LogP contribution >= 0.6 is 11.8 Å². The molecule has 0 amide bonds. The van der Waals surface area contributed by atoms with Crippen molar-refractivity contribution in [3.8, 4) is 0 Å². The van der Waals surface area contributed by atoms with Gasteiger partial charge in [-0.25, -0.2) is 0 Å². The smallest absolute Gasteiger partial charge is 0.321 e. The average Bonchev–Trinajstić information content (AvgIpc) is 1.97. The van der Waals surface area contributed by atoms with Crippen molar-refractivity contribution in [3.05, 3.63) is 0 Å². The number of thioether (sulfide) groups is 1. The fourth-order valence-electron chi connectivity index (χ4n) is 0.441. The van der Waals surface area contributed by atoms with E-state index >= 15 is 0 Å². The molecule has 4 N–H and O–H groups in total. The van der Waals surface area contributed by atoms with E-state index in [0.717, 1.165) is 0 Å². The van der Waals surface area contributed by atoms with Crippen LogP contribution < -0.4 is 5.73 Å². The third-order valence-corrected chi connectivity index (χ3v) is 2.16. The fourth-order valence-corrected chi connectivity index (χ4v) is 1.32. The Morgan fingerprint density at radius 1 is 1.42 bits per heavy atom. The predicted octanol–water partition coefficient (Wildman–Crippen LogP) is -0.394. The van der Waals surface area contributed by atoms with Crippen molar-refractivity contribution in [3.63, 3.8) is 0 Å². The van der Waals surface area contributed by atoms with Crippen LogP contribution in [0.15, 0.2) is 0 Å². The van der Waals surface area contributed by atoms with E-state index in [1.54, 1.807) is 0 Å². The SMILES string of the molecule is N[C@@H](CSCCC(=O)O)C(=O)O. The van der Waals surface area contributed by atoms with Crippen LogP contribution in [0.4, 0.5) is 0 Å². The van der Waals surface area contributed by atoms with Gasteiger partial charge in [0.1, 0.15) is 6.04 Å². The Morgan fingerprint density at radius 2 is 2.00 bits per heavy atom. The number of carboxylic acid groups (broad SMARTS) is 2. The molecule has 6 heteroatoms. The lowest BCUT2D eigenvalue weighted by atomic mass is 10.4. The maximum atomic E-state index is 10.2. The third-order valence-electron chi connectivity index (χ3n) is 1.07. The first-order chi connectivity index (χ1) is 5.54. The second-order valence-electron chi connectivity index (χ2n) is 2.16. The Bertz CT molecular complexity index is 173. The number of nitrogens with two attached hydrogens (primary N) is 1. The van der Waals surface area contributed by atoms with Crippen molar-refractivity contribution >= 4 is 23.7 Å². The lowest BCUT2D eigenvalue weighted by Crippen LogP contribution is -2.32. The number of carbonyl (C=O) groups is 2. The molecule has 0 unspecified atom stereocenters. The molecule has 1 atom stereocenters. The fraction of sp³-hybridized carbons (Fsp3) is 0.667. The predicted molar refractivity (Wildman–Crippen MR) is 45.2 cm³/mol. The molecule has 0 aromatic carbocycles. The van der Waals surface area contributed by atoms with E-state index in [2.05, 4.69) is 0 Å². The van der Waals surface area contributed by atoms with Gasteiger partial charge < -0.3 is 15.9 Å². The van der Waals surface area contributed by atoms with E-state index in [4.69, 9.17) is 15.9 Å². The van der Waals surface area contributed by atoms with Crippen LogP contribution in [0.1, 0.15) is 6.42 Å². The second-order valence-corrected chi connectivity index (χ2v) is 3.31. The molecule has 0 spiro atoms. The molecular weight excluding hydrogens is 182 g/mol. The molecule has 0 saturated heterocycles. The van der Waals surface area contributed by atoms with Gasteiger partial charge in [-0.15, -0.1) is 0 Å². The Hall–Kier alpha value is -0.750. The zero-order valence-electron chi connectivity index (χ0n) is 6.40. The summed E-state index contributed by atoms with van der Waals surface area (Å²) in [5.41, 5.74) is 5.17. The Labute approximate surface area is 73.9 Å². The van der Waals surface area contributed by atoms with Gasteiger partial charge in [-0.3, -0.25) is 9.59 Å². The Morgan fingerprint density at radius 3 is 2.42 bits per heavy atom. The van der Waals surface area contributed by atoms with Gasteiger partial charge in [-0.05, 0) is 0 Å². The molecule has 0 saturated carbocycles. The Kier molecular flexibility index (Phi) is 5.48. The largest absolute Gasteiger partial charge is 0.481 e. The highest BCUT2D eigenvalue weighted by Gasteiger charge is 2.10. The second kappa shape index (κ2) is 5.84. The molecule has 0 radical (unpaired) electrons. The van der Waals surface area contributed by atoms with Gasteiger partial charge in [0.2, 0.25) is 0 Å². The highest BCUT2D eigenvalue weighted by atomic mass is 32.2. The zero-order chi connectivity index (χ0) is 9.56. The first-order valence-corrected chi connectivity index (χ1v) is 4.47. The van der Waals surface area contributed by atoms with Crippen molar-refractivity contribution in [2.75, 3.05) is 11.5 Å². The number of rotatable bonds is 6. The molecule has 0 aliphatic rings. The van der Waals surface area contributed by atoms with Crippen molar-refractivity contribution in [1.82, 2.24) is 0 Å². The van der Waals surface area contributed by atoms with Crippen LogP contribution in [0, 0.1) is 0 Å². The summed E-state index contributed by atoms with van der Waals surface area (Å²) in [6.45, 7) is 0. The lowest BCUT2D eigenvalue weighted by Gasteiger charge is -2.03. The van der Waals surface area contributed by atoms with Crippen LogP contribution in [0.25, 0.3) is 0 Å². The summed E-state index contributed by atoms with van der Waals surface area (Å²) >= 11 is 1.23. The summed E-state index contributed by atoms with van der Waals surface area (Å²) in [5, 5.41) is 16.6. The molecule has 12 heavy (non-hydrogen) atoms. The first-order valence-electron chi connectivity index (χ1n) is 3.32. The minimum absolute atomic E-state index is 0.0387. The lowest BCUT2D eigenvalue weighted by molar-refractivity contribution is -0.138. The van der Waals surface area contributed by atoms with Crippen LogP contribution in [0.3, 0.4) is 0 Å². The maximum absolute atomic E-state index is 10.2. The number of carboxylic acids is 2. The van der Waals surface area contributed by atoms with Crippen LogP contribution in [-0.4, -0.2) is 39.7 Å². The molecule has 0 heterocycles. The van der Waals surface area contributed by atoms with E-state index < -0.39 is 18.0 Å². The number of hydrogen-bond acceptors (Lipinski definition) is 4. The van der Waals surface area contributed by atoms with Crippen molar-refractivity contribution in [1.29, 1.82) is 0 Å². The zero-order valence-corrected chi connectivity index (χ0v) is 7.21. The minimum Gasteiger partial charge on any atom is -0.481 e. The third kappa shape index (κ3) is 5.99. The van der Waals surface area contributed by atoms with Crippen molar-refractivity contribution in [2.24, 2.45) is 5.73 Å². The maximum Gasteiger partial charge on any atom is 0.321 e. The summed E-state index contributed by atoms with van der Waals surface area (Å²) in [5.74, 6) is -1.29. The van der Waals surface area contributed by atoms with Gasteiger partial charge in [-0.2, -0.15) is 11.8 Å². The van der Waals surface area contributed by atoms with E-state index in [1.165, 1.54) is 11.8 Å². The van der Waals surface area contributed by atoms with Gasteiger partial charge in [0.15, 0.2) is 0 Å². The highest BCUT2D eigenvalue weighted by Crippen LogP contribution is 2.03. The van der Waals surface area contributed by atoms with Gasteiger partial charge in [0, 0.05) is 11.5 Å². The quantitative estimate of drug-likeness (QED) is 0.496. The van der Waals surface area contributed by atoms with Gasteiger partial charge in [0.25, 0.3) is 0 Å². The molecule has 70 valence electrons. The van der Waals surface area contributed by atoms with E-state index in [1.807, 2.05) is 0 Å². The van der Waals surface area contributed by atoms with Crippen molar-refractivity contribution < 1.29 is 19.8 Å². The molecule has 0 aromatic rings. The summed E-state index contributed by atoms with van der Waals surface area (Å²) in [7, 11) is 0. The summed E-state index contributed by atoms with van der Waals surface area (Å²) in [6.07, 6.45) is 0.0387. The van der Waals surface area contributed by atoms with E-state index in [-0.39, 0.29) is 12.2 Å². The van der Waals surface area contributed by atoms with Crippen molar-refractivity contribution in [2.45, 2.75) is 12.5 Å². The van der Waals surface area contributed by atoms with Gasteiger partial charge >= 0.3 is 11.9 Å². The number of hydrogen-bond donors (Lipinski definition) is 3. The van der Waals surface area contributed by atoms with Crippen LogP contribution in [0.2, 0.25) is 0 Å². The molecule has 0 rings (SSSR count).